The summed E-state index contributed by atoms with van der Waals surface area (Å²) in [5.74, 6) is 0.304. The Bertz CT molecular complexity index is 591. The van der Waals surface area contributed by atoms with E-state index in [9.17, 15) is 14.7 Å². The smallest absolute Gasteiger partial charge is 0.305 e. The minimum atomic E-state index is -0.954. The summed E-state index contributed by atoms with van der Waals surface area (Å²) >= 11 is 0. The van der Waals surface area contributed by atoms with Crippen LogP contribution in [-0.2, 0) is 19.1 Å². The second-order valence-corrected chi connectivity index (χ2v) is 13.5. The largest absolute Gasteiger partial charge is 0.463 e. The van der Waals surface area contributed by atoms with E-state index in [1.165, 1.54) is 148 Å². The Labute approximate surface area is 268 Å². The molecule has 43 heavy (non-hydrogen) atoms. The summed E-state index contributed by atoms with van der Waals surface area (Å²) in [7, 11) is 0. The Morgan fingerprint density at radius 3 is 1.05 bits per heavy atom. The topological polar surface area (TPSA) is 72.8 Å². The first-order chi connectivity index (χ1) is 21.0. The molecule has 0 radical (unpaired) electrons. The highest BCUT2D eigenvalue weighted by molar-refractivity contribution is 5.69. The molecule has 0 spiro atoms. The molecule has 0 unspecified atom stereocenters. The summed E-state index contributed by atoms with van der Waals surface area (Å²) in [6, 6.07) is 0. The quantitative estimate of drug-likeness (QED) is 0.0579. The van der Waals surface area contributed by atoms with Gasteiger partial charge in [0.25, 0.3) is 0 Å². The van der Waals surface area contributed by atoms with E-state index in [0.29, 0.717) is 12.8 Å². The van der Waals surface area contributed by atoms with E-state index in [1.54, 1.807) is 0 Å². The van der Waals surface area contributed by atoms with E-state index in [4.69, 9.17) is 9.47 Å². The molecule has 5 nitrogen and oxygen atoms in total. The van der Waals surface area contributed by atoms with Gasteiger partial charge in [-0.1, -0.05) is 181 Å². The molecule has 0 aliphatic heterocycles. The number of hydrogen-bond donors (Lipinski definition) is 1. The van der Waals surface area contributed by atoms with E-state index in [0.717, 1.165) is 31.6 Å². The average Bonchev–Trinajstić information content (AvgIpc) is 2.99. The number of ether oxygens (including phenoxy) is 2. The average molecular weight is 611 g/mol. The molecule has 0 aromatic carbocycles. The Kier molecular flexibility index (Phi) is 32.9. The molecule has 0 heterocycles. The zero-order valence-corrected chi connectivity index (χ0v) is 29.2. The van der Waals surface area contributed by atoms with E-state index in [1.807, 2.05) is 0 Å². The number of rotatable bonds is 34. The third-order valence-corrected chi connectivity index (χ3v) is 8.52. The van der Waals surface area contributed by atoms with E-state index >= 15 is 0 Å². The molecule has 0 saturated heterocycles. The van der Waals surface area contributed by atoms with Gasteiger partial charge in [-0.15, -0.1) is 0 Å². The van der Waals surface area contributed by atoms with Gasteiger partial charge >= 0.3 is 11.9 Å². The van der Waals surface area contributed by atoms with Gasteiger partial charge in [0.15, 0.2) is 0 Å². The molecular formula is C38H74O5. The van der Waals surface area contributed by atoms with Gasteiger partial charge in [-0.2, -0.15) is 0 Å². The van der Waals surface area contributed by atoms with Crippen molar-refractivity contribution in [3.8, 4) is 0 Å². The van der Waals surface area contributed by atoms with Crippen molar-refractivity contribution in [3.63, 3.8) is 0 Å². The lowest BCUT2D eigenvalue weighted by molar-refractivity contribution is -0.152. The predicted octanol–water partition coefficient (Wildman–Crippen LogP) is 11.4. The molecule has 0 saturated carbocycles. The Morgan fingerprint density at radius 2 is 0.744 bits per heavy atom. The van der Waals surface area contributed by atoms with Gasteiger partial charge in [-0.3, -0.25) is 9.59 Å². The highest BCUT2D eigenvalue weighted by Crippen LogP contribution is 2.16. The van der Waals surface area contributed by atoms with Crippen LogP contribution in [0.5, 0.6) is 0 Å². The summed E-state index contributed by atoms with van der Waals surface area (Å²) in [6.45, 7) is 6.66. The van der Waals surface area contributed by atoms with Crippen molar-refractivity contribution in [3.05, 3.63) is 0 Å². The molecule has 5 heteroatoms. The summed E-state index contributed by atoms with van der Waals surface area (Å²) in [4.78, 5) is 23.8. The number of unbranched alkanes of at least 4 members (excludes halogenated alkanes) is 24. The van der Waals surface area contributed by atoms with Crippen molar-refractivity contribution in [2.45, 2.75) is 213 Å². The fourth-order valence-corrected chi connectivity index (χ4v) is 5.62. The molecule has 0 bridgehead atoms. The molecule has 0 rings (SSSR count). The molecule has 0 aromatic heterocycles. The maximum Gasteiger partial charge on any atom is 0.305 e. The van der Waals surface area contributed by atoms with Crippen molar-refractivity contribution in [1.82, 2.24) is 0 Å². The number of hydrogen-bond acceptors (Lipinski definition) is 5. The van der Waals surface area contributed by atoms with Crippen molar-refractivity contribution >= 4 is 11.9 Å². The molecule has 0 amide bonds. The number of carbonyl (C=O) groups excluding carboxylic acids is 2. The third-order valence-electron chi connectivity index (χ3n) is 8.52. The number of aliphatic hydroxyl groups is 1. The maximum atomic E-state index is 11.9. The van der Waals surface area contributed by atoms with Gasteiger partial charge < -0.3 is 14.6 Å². The zero-order chi connectivity index (χ0) is 31.6. The molecule has 0 aliphatic rings. The van der Waals surface area contributed by atoms with Gasteiger partial charge in [-0.25, -0.2) is 0 Å². The van der Waals surface area contributed by atoms with Crippen molar-refractivity contribution in [2.24, 2.45) is 5.92 Å². The summed E-state index contributed by atoms with van der Waals surface area (Å²) in [6.07, 6.45) is 34.4. The van der Waals surface area contributed by atoms with Gasteiger partial charge in [0, 0.05) is 12.8 Å². The van der Waals surface area contributed by atoms with Crippen molar-refractivity contribution < 1.29 is 24.2 Å². The monoisotopic (exact) mass is 611 g/mol. The number of aliphatic hydroxyl groups excluding tert-OH is 1. The highest BCUT2D eigenvalue weighted by atomic mass is 16.6. The third kappa shape index (κ3) is 35.3. The number of carbonyl (C=O) groups is 2. The Morgan fingerprint density at radius 1 is 0.465 bits per heavy atom. The zero-order valence-electron chi connectivity index (χ0n) is 29.2. The summed E-state index contributed by atoms with van der Waals surface area (Å²) in [5.41, 5.74) is 0. The summed E-state index contributed by atoms with van der Waals surface area (Å²) < 4.78 is 10.3. The van der Waals surface area contributed by atoms with Gasteiger partial charge in [0.1, 0.15) is 19.3 Å². The van der Waals surface area contributed by atoms with Crippen LogP contribution in [0.4, 0.5) is 0 Å². The van der Waals surface area contributed by atoms with Crippen LogP contribution < -0.4 is 0 Å². The second-order valence-electron chi connectivity index (χ2n) is 13.5. The Hall–Kier alpha value is -1.10. The van der Waals surface area contributed by atoms with Crippen molar-refractivity contribution in [1.29, 1.82) is 0 Å². The van der Waals surface area contributed by atoms with Gasteiger partial charge in [0.05, 0.1) is 0 Å². The van der Waals surface area contributed by atoms with Gasteiger partial charge in [-0.05, 0) is 18.8 Å². The highest BCUT2D eigenvalue weighted by Gasteiger charge is 2.12. The molecule has 0 aliphatic carbocycles. The first kappa shape index (κ1) is 41.9. The normalized spacial score (nSPS) is 12.1. The van der Waals surface area contributed by atoms with E-state index in [2.05, 4.69) is 20.8 Å². The lowest BCUT2D eigenvalue weighted by Gasteiger charge is -2.12. The SMILES string of the molecule is CCCCCCCCCCCCC(=O)OC[C@H](O)COC(=O)CCCCCCCCCCCCCCCCCCC(C)C. The standard InChI is InChI=1S/C38H74O5/c1-4-5-6-7-8-9-19-22-25-28-31-37(40)42-33-36(39)34-43-38(41)32-29-26-23-20-17-15-13-11-10-12-14-16-18-21-24-27-30-35(2)3/h35-36,39H,4-34H2,1-3H3/t36-/m0/s1. The van der Waals surface area contributed by atoms with Crippen LogP contribution in [0.2, 0.25) is 0 Å². The van der Waals surface area contributed by atoms with Crippen LogP contribution in [-0.4, -0.2) is 36.4 Å². The fourth-order valence-electron chi connectivity index (χ4n) is 5.62. The molecule has 0 aromatic rings. The van der Waals surface area contributed by atoms with Crippen LogP contribution in [0.1, 0.15) is 207 Å². The molecular weight excluding hydrogens is 536 g/mol. The minimum absolute atomic E-state index is 0.108. The van der Waals surface area contributed by atoms with E-state index < -0.39 is 6.10 Å². The summed E-state index contributed by atoms with van der Waals surface area (Å²) in [5, 5.41) is 9.97. The molecule has 0 fully saturated rings. The van der Waals surface area contributed by atoms with Crippen LogP contribution in [0.15, 0.2) is 0 Å². The first-order valence-electron chi connectivity index (χ1n) is 18.9. The molecule has 256 valence electrons. The first-order valence-corrected chi connectivity index (χ1v) is 18.9. The second kappa shape index (κ2) is 33.8. The number of esters is 2. The van der Waals surface area contributed by atoms with Crippen LogP contribution in [0.25, 0.3) is 0 Å². The lowest BCUT2D eigenvalue weighted by Crippen LogP contribution is -2.25. The van der Waals surface area contributed by atoms with Crippen molar-refractivity contribution in [2.75, 3.05) is 13.2 Å². The van der Waals surface area contributed by atoms with E-state index in [-0.39, 0.29) is 25.2 Å². The Balaban J connectivity index is 3.36. The van der Waals surface area contributed by atoms with Crippen LogP contribution in [0.3, 0.4) is 0 Å². The van der Waals surface area contributed by atoms with Crippen LogP contribution >= 0.6 is 0 Å². The fraction of sp³-hybridized carbons (Fsp3) is 0.947. The lowest BCUT2D eigenvalue weighted by atomic mass is 10.0. The van der Waals surface area contributed by atoms with Crippen LogP contribution in [0, 0.1) is 5.92 Å². The predicted molar refractivity (Wildman–Crippen MR) is 182 cm³/mol. The minimum Gasteiger partial charge on any atom is -0.463 e. The molecule has 1 N–H and O–H groups in total. The maximum absolute atomic E-state index is 11.9. The van der Waals surface area contributed by atoms with Gasteiger partial charge in [0.2, 0.25) is 0 Å². The molecule has 1 atom stereocenters.